The van der Waals surface area contributed by atoms with Gasteiger partial charge in [0.15, 0.2) is 0 Å². The lowest BCUT2D eigenvalue weighted by atomic mass is 10.0. The average molecular weight is 612 g/mol. The van der Waals surface area contributed by atoms with Crippen LogP contribution in [0.15, 0.2) is 54.7 Å². The number of phenols is 1. The number of rotatable bonds is 16. The van der Waals surface area contributed by atoms with E-state index in [1.807, 2.05) is 0 Å². The van der Waals surface area contributed by atoms with Crippen molar-refractivity contribution >= 4 is 46.5 Å². The molecule has 15 heteroatoms. The Labute approximate surface area is 250 Å². The number of aromatic amines is 1. The van der Waals surface area contributed by atoms with E-state index < -0.39 is 79.1 Å². The van der Waals surface area contributed by atoms with E-state index in [0.29, 0.717) is 11.1 Å². The molecule has 15 nitrogen and oxygen atoms in total. The highest BCUT2D eigenvalue weighted by molar-refractivity contribution is 5.95. The number of nitrogens with one attached hydrogen (secondary N) is 4. The van der Waals surface area contributed by atoms with Crippen LogP contribution in [0, 0.1) is 0 Å². The molecule has 4 unspecified atom stereocenters. The standard InChI is InChI=1S/C29H33N5O10/c30-19(13-25(38)39)26(40)33-22(12-16-14-31-20-4-2-1-3-18(16)20)28(42)32-21(9-10-24(36)37)27(41)34-23(29(43)44)11-15-5-7-17(35)8-6-15/h1-8,14,19,21-23,31,35H,9-13,30H2,(H,32,42)(H,33,40)(H,34,41)(H,36,37)(H,38,39)(H,43,44). The Kier molecular flexibility index (Phi) is 11.4. The van der Waals surface area contributed by atoms with Crippen molar-refractivity contribution in [2.24, 2.45) is 5.73 Å². The molecule has 234 valence electrons. The van der Waals surface area contributed by atoms with Crippen molar-refractivity contribution in [1.29, 1.82) is 0 Å². The molecule has 1 heterocycles. The zero-order valence-electron chi connectivity index (χ0n) is 23.4. The molecule has 3 amide bonds. The van der Waals surface area contributed by atoms with Crippen molar-refractivity contribution in [2.45, 2.75) is 56.3 Å². The zero-order chi connectivity index (χ0) is 32.4. The van der Waals surface area contributed by atoms with Crippen molar-refractivity contribution in [3.8, 4) is 5.75 Å². The Morgan fingerprint density at radius 1 is 0.750 bits per heavy atom. The number of aromatic hydroxyl groups is 1. The maximum absolute atomic E-state index is 13.5. The smallest absolute Gasteiger partial charge is 0.326 e. The van der Waals surface area contributed by atoms with Crippen LogP contribution in [0.5, 0.6) is 5.75 Å². The predicted molar refractivity (Wildman–Crippen MR) is 154 cm³/mol. The molecule has 3 rings (SSSR count). The van der Waals surface area contributed by atoms with Gasteiger partial charge in [0.2, 0.25) is 17.7 Å². The fourth-order valence-electron chi connectivity index (χ4n) is 4.44. The number of amides is 3. The van der Waals surface area contributed by atoms with E-state index in [1.165, 1.54) is 24.3 Å². The highest BCUT2D eigenvalue weighted by Crippen LogP contribution is 2.19. The van der Waals surface area contributed by atoms with Crippen LogP contribution in [0.1, 0.15) is 30.4 Å². The van der Waals surface area contributed by atoms with Gasteiger partial charge in [-0.2, -0.15) is 0 Å². The van der Waals surface area contributed by atoms with Crippen LogP contribution >= 0.6 is 0 Å². The third kappa shape index (κ3) is 9.55. The molecule has 0 aliphatic carbocycles. The van der Waals surface area contributed by atoms with Gasteiger partial charge in [0.05, 0.1) is 12.5 Å². The van der Waals surface area contributed by atoms with Crippen molar-refractivity contribution in [3.05, 3.63) is 65.9 Å². The Morgan fingerprint density at radius 3 is 2.00 bits per heavy atom. The highest BCUT2D eigenvalue weighted by atomic mass is 16.4. The number of nitrogens with two attached hydrogens (primary N) is 1. The fourth-order valence-corrected chi connectivity index (χ4v) is 4.44. The van der Waals surface area contributed by atoms with Gasteiger partial charge in [-0.3, -0.25) is 24.0 Å². The zero-order valence-corrected chi connectivity index (χ0v) is 23.4. The molecule has 0 radical (unpaired) electrons. The number of carboxylic acids is 3. The summed E-state index contributed by atoms with van der Waals surface area (Å²) in [4.78, 5) is 76.8. The number of para-hydroxylation sites is 1. The topological polar surface area (TPSA) is 261 Å². The summed E-state index contributed by atoms with van der Waals surface area (Å²) < 4.78 is 0. The molecule has 0 aliphatic rings. The molecule has 0 fully saturated rings. The van der Waals surface area contributed by atoms with E-state index in [-0.39, 0.29) is 18.6 Å². The summed E-state index contributed by atoms with van der Waals surface area (Å²) in [5.74, 6) is -6.90. The Hall–Kier alpha value is -5.44. The number of benzene rings is 2. The van der Waals surface area contributed by atoms with Gasteiger partial charge >= 0.3 is 17.9 Å². The minimum absolute atomic E-state index is 0.0423. The Bertz CT molecular complexity index is 1520. The summed E-state index contributed by atoms with van der Waals surface area (Å²) in [6.45, 7) is 0. The SMILES string of the molecule is NC(CC(=O)O)C(=O)NC(Cc1c[nH]c2ccccc12)C(=O)NC(CCC(=O)O)C(=O)NC(Cc1ccc(O)cc1)C(=O)O. The first kappa shape index (κ1) is 33.1. The number of hydrogen-bond donors (Lipinski definition) is 9. The van der Waals surface area contributed by atoms with Gasteiger partial charge in [-0.05, 0) is 35.7 Å². The second kappa shape index (κ2) is 15.2. The van der Waals surface area contributed by atoms with Crippen LogP contribution in [-0.2, 0) is 41.6 Å². The first-order chi connectivity index (χ1) is 20.8. The van der Waals surface area contributed by atoms with E-state index in [1.54, 1.807) is 30.5 Å². The summed E-state index contributed by atoms with van der Waals surface area (Å²) in [7, 11) is 0. The summed E-state index contributed by atoms with van der Waals surface area (Å²) in [5, 5.41) is 45.3. The predicted octanol–water partition coefficient (Wildman–Crippen LogP) is -0.135. The molecule has 0 spiro atoms. The Morgan fingerprint density at radius 2 is 1.36 bits per heavy atom. The number of carbonyl (C=O) groups excluding carboxylic acids is 3. The summed E-state index contributed by atoms with van der Waals surface area (Å²) >= 11 is 0. The summed E-state index contributed by atoms with van der Waals surface area (Å²) in [6.07, 6.45) is -0.366. The molecule has 0 bridgehead atoms. The van der Waals surface area contributed by atoms with Gasteiger partial charge in [-0.1, -0.05) is 30.3 Å². The molecule has 3 aromatic rings. The lowest BCUT2D eigenvalue weighted by Gasteiger charge is -2.25. The molecular weight excluding hydrogens is 578 g/mol. The average Bonchev–Trinajstić information content (AvgIpc) is 3.37. The molecule has 1 aromatic heterocycles. The molecule has 0 saturated heterocycles. The third-order valence-electron chi connectivity index (χ3n) is 6.73. The van der Waals surface area contributed by atoms with Crippen LogP contribution in [0.2, 0.25) is 0 Å². The second-order valence-corrected chi connectivity index (χ2v) is 10.1. The second-order valence-electron chi connectivity index (χ2n) is 10.1. The van der Waals surface area contributed by atoms with Crippen LogP contribution in [0.4, 0.5) is 0 Å². The monoisotopic (exact) mass is 611 g/mol. The number of phenolic OH excluding ortho intramolecular Hbond substituents is 1. The lowest BCUT2D eigenvalue weighted by molar-refractivity contribution is -0.143. The number of carboxylic acid groups (broad SMARTS) is 3. The highest BCUT2D eigenvalue weighted by Gasteiger charge is 2.31. The first-order valence-electron chi connectivity index (χ1n) is 13.5. The van der Waals surface area contributed by atoms with E-state index in [4.69, 9.17) is 10.8 Å². The number of H-pyrrole nitrogens is 1. The van der Waals surface area contributed by atoms with Gasteiger partial charge in [-0.15, -0.1) is 0 Å². The largest absolute Gasteiger partial charge is 0.508 e. The maximum Gasteiger partial charge on any atom is 0.326 e. The molecule has 2 aromatic carbocycles. The number of aliphatic carboxylic acids is 3. The molecule has 0 aliphatic heterocycles. The molecular formula is C29H33N5O10. The van der Waals surface area contributed by atoms with Crippen molar-refractivity contribution in [3.63, 3.8) is 0 Å². The van der Waals surface area contributed by atoms with Gasteiger partial charge < -0.3 is 47.1 Å². The van der Waals surface area contributed by atoms with E-state index in [2.05, 4.69) is 20.9 Å². The van der Waals surface area contributed by atoms with Crippen LogP contribution < -0.4 is 21.7 Å². The van der Waals surface area contributed by atoms with Crippen molar-refractivity contribution < 1.29 is 49.2 Å². The van der Waals surface area contributed by atoms with Crippen molar-refractivity contribution in [1.82, 2.24) is 20.9 Å². The number of fused-ring (bicyclic) bond motifs is 1. The van der Waals surface area contributed by atoms with E-state index >= 15 is 0 Å². The Balaban J connectivity index is 1.84. The van der Waals surface area contributed by atoms with Gasteiger partial charge in [0, 0.05) is 36.4 Å². The minimum atomic E-state index is -1.52. The van der Waals surface area contributed by atoms with Crippen LogP contribution in [0.3, 0.4) is 0 Å². The lowest BCUT2D eigenvalue weighted by Crippen LogP contribution is -2.58. The van der Waals surface area contributed by atoms with Crippen LogP contribution in [0.25, 0.3) is 10.9 Å². The van der Waals surface area contributed by atoms with Crippen LogP contribution in [-0.4, -0.2) is 85.2 Å². The molecule has 10 N–H and O–H groups in total. The van der Waals surface area contributed by atoms with Gasteiger partial charge in [-0.25, -0.2) is 4.79 Å². The molecule has 0 saturated carbocycles. The summed E-state index contributed by atoms with van der Waals surface area (Å²) in [5.41, 5.74) is 7.49. The molecule has 4 atom stereocenters. The fraction of sp³-hybridized carbons (Fsp3) is 0.310. The number of aromatic nitrogens is 1. The first-order valence-corrected chi connectivity index (χ1v) is 13.5. The normalized spacial score (nSPS) is 13.7. The maximum atomic E-state index is 13.5. The van der Waals surface area contributed by atoms with E-state index in [0.717, 1.165) is 10.9 Å². The van der Waals surface area contributed by atoms with E-state index in [9.17, 15) is 44.1 Å². The van der Waals surface area contributed by atoms with Crippen molar-refractivity contribution in [2.75, 3.05) is 0 Å². The number of carbonyl (C=O) groups is 6. The quantitative estimate of drug-likeness (QED) is 0.103. The number of hydrogen-bond acceptors (Lipinski definition) is 8. The third-order valence-corrected chi connectivity index (χ3v) is 6.73. The summed E-state index contributed by atoms with van der Waals surface area (Å²) in [6, 6.07) is 6.88. The minimum Gasteiger partial charge on any atom is -0.508 e. The van der Waals surface area contributed by atoms with Gasteiger partial charge in [0.1, 0.15) is 23.9 Å². The molecule has 44 heavy (non-hydrogen) atoms. The van der Waals surface area contributed by atoms with Gasteiger partial charge in [0.25, 0.3) is 0 Å².